The fourth-order valence-corrected chi connectivity index (χ4v) is 12.0. The number of Topliss-reactive ketones (excluding diaryl/α,β-unsaturated/α-hetero) is 2. The molecule has 1 unspecified atom stereocenters. The first-order chi connectivity index (χ1) is 23.1. The van der Waals surface area contributed by atoms with Crippen molar-refractivity contribution in [2.75, 3.05) is 0 Å². The van der Waals surface area contributed by atoms with E-state index in [0.717, 1.165) is 0 Å². The molecule has 7 rings (SSSR count). The summed E-state index contributed by atoms with van der Waals surface area (Å²) in [5.41, 5.74) is -6.40. The van der Waals surface area contributed by atoms with Crippen LogP contribution in [-0.4, -0.2) is 88.7 Å². The first-order valence-electron chi connectivity index (χ1n) is 17.2. The molecule has 17 atom stereocenters. The summed E-state index contributed by atoms with van der Waals surface area (Å²) in [6.45, 7) is 13.1. The standard InChI is InChI=1S/C36H44O14/c1-12-10-19-35(8,36(9,44)32(43)50-19)24-21(12)34(7)22(28(24)45-13(2)37)20-23(29(46-14(3)38)31(34)48-16(5)40)33(6)17(25(41)26(20)42)11-18-27(49-18)30(33)47-15(4)39/h10,12,17-18,20-24,27-31,44H,11H2,1-9H3/t12-,17?,18+,20+,21+,22-,23-,24-,27+,28-,29+,30+,31+,33+,34-,35+,36-/m1/s1. The van der Waals surface area contributed by atoms with Crippen molar-refractivity contribution in [2.45, 2.75) is 111 Å². The minimum Gasteiger partial charge on any atom is -0.462 e. The van der Waals surface area contributed by atoms with Crippen molar-refractivity contribution in [3.8, 4) is 0 Å². The van der Waals surface area contributed by atoms with Gasteiger partial charge in [-0.2, -0.15) is 0 Å². The summed E-state index contributed by atoms with van der Waals surface area (Å²) in [6, 6.07) is 0. The van der Waals surface area contributed by atoms with Gasteiger partial charge in [-0.25, -0.2) is 4.79 Å². The smallest absolute Gasteiger partial charge is 0.343 e. The van der Waals surface area contributed by atoms with Gasteiger partial charge in [-0.3, -0.25) is 28.8 Å². The normalized spacial score (nSPS) is 50.9. The molecule has 7 aliphatic rings. The van der Waals surface area contributed by atoms with Crippen molar-refractivity contribution < 1.29 is 67.1 Å². The molecule has 0 aromatic carbocycles. The molecule has 50 heavy (non-hydrogen) atoms. The maximum Gasteiger partial charge on any atom is 0.343 e. The highest BCUT2D eigenvalue weighted by Gasteiger charge is 2.84. The number of epoxide rings is 1. The third kappa shape index (κ3) is 4.17. The van der Waals surface area contributed by atoms with E-state index in [0.29, 0.717) is 0 Å². The monoisotopic (exact) mass is 700 g/mol. The van der Waals surface area contributed by atoms with Gasteiger partial charge in [0.2, 0.25) is 11.6 Å². The molecule has 14 nitrogen and oxygen atoms in total. The molecule has 1 N–H and O–H groups in total. The predicted molar refractivity (Wildman–Crippen MR) is 165 cm³/mol. The minimum absolute atomic E-state index is 0.156. The summed E-state index contributed by atoms with van der Waals surface area (Å²) < 4.78 is 36.0. The van der Waals surface area contributed by atoms with E-state index >= 15 is 0 Å². The van der Waals surface area contributed by atoms with Crippen LogP contribution in [0.2, 0.25) is 0 Å². The van der Waals surface area contributed by atoms with E-state index < -0.39 is 141 Å². The summed E-state index contributed by atoms with van der Waals surface area (Å²) >= 11 is 0. The molecule has 2 saturated heterocycles. The Bertz CT molecular complexity index is 1660. The van der Waals surface area contributed by atoms with Crippen LogP contribution >= 0.6 is 0 Å². The molecule has 0 radical (unpaired) electrons. The number of hydrogen-bond donors (Lipinski definition) is 1. The first-order valence-corrected chi connectivity index (χ1v) is 17.2. The second kappa shape index (κ2) is 10.7. The number of fused-ring (bicyclic) bond motifs is 10. The molecule has 272 valence electrons. The van der Waals surface area contributed by atoms with Gasteiger partial charge in [0.1, 0.15) is 36.3 Å². The largest absolute Gasteiger partial charge is 0.462 e. The van der Waals surface area contributed by atoms with Crippen LogP contribution in [0, 0.1) is 57.7 Å². The fourth-order valence-electron chi connectivity index (χ4n) is 12.0. The molecule has 6 fully saturated rings. The lowest BCUT2D eigenvalue weighted by Gasteiger charge is -2.63. The predicted octanol–water partition coefficient (Wildman–Crippen LogP) is 1.62. The fraction of sp³-hybridized carbons (Fsp3) is 0.750. The summed E-state index contributed by atoms with van der Waals surface area (Å²) in [4.78, 5) is 94.3. The number of esters is 5. The van der Waals surface area contributed by atoms with Gasteiger partial charge >= 0.3 is 29.8 Å². The van der Waals surface area contributed by atoms with Crippen LogP contribution in [0.4, 0.5) is 0 Å². The molecular formula is C36H44O14. The van der Waals surface area contributed by atoms with Gasteiger partial charge in [0.15, 0.2) is 5.60 Å². The van der Waals surface area contributed by atoms with Gasteiger partial charge in [0.25, 0.3) is 0 Å². The Morgan fingerprint density at radius 1 is 0.740 bits per heavy atom. The number of rotatable bonds is 4. The zero-order valence-electron chi connectivity index (χ0n) is 29.5. The number of aliphatic hydroxyl groups is 1. The van der Waals surface area contributed by atoms with Gasteiger partial charge in [0, 0.05) is 68.1 Å². The van der Waals surface area contributed by atoms with Gasteiger partial charge in [-0.15, -0.1) is 0 Å². The van der Waals surface area contributed by atoms with Crippen LogP contribution in [0.15, 0.2) is 11.8 Å². The highest BCUT2D eigenvalue weighted by atomic mass is 16.6. The number of carbonyl (C=O) groups excluding carboxylic acids is 7. The van der Waals surface area contributed by atoms with Crippen molar-refractivity contribution in [3.63, 3.8) is 0 Å². The molecule has 2 aliphatic heterocycles. The number of carbonyl (C=O) groups is 7. The molecule has 2 heterocycles. The topological polar surface area (TPSA) is 198 Å². The van der Waals surface area contributed by atoms with E-state index in [2.05, 4.69) is 0 Å². The number of ketones is 2. The lowest BCUT2D eigenvalue weighted by Crippen LogP contribution is -2.74. The molecule has 5 aliphatic carbocycles. The van der Waals surface area contributed by atoms with Gasteiger partial charge < -0.3 is 33.5 Å². The highest BCUT2D eigenvalue weighted by molar-refractivity contribution is 6.40. The van der Waals surface area contributed by atoms with Gasteiger partial charge in [-0.05, 0) is 38.2 Å². The third-order valence-corrected chi connectivity index (χ3v) is 13.9. The zero-order chi connectivity index (χ0) is 36.8. The third-order valence-electron chi connectivity index (χ3n) is 13.9. The lowest BCUT2D eigenvalue weighted by atomic mass is 9.41. The quantitative estimate of drug-likeness (QED) is 0.192. The van der Waals surface area contributed by atoms with Crippen LogP contribution in [0.25, 0.3) is 0 Å². The van der Waals surface area contributed by atoms with Crippen molar-refractivity contribution in [1.82, 2.24) is 0 Å². The second-order valence-corrected chi connectivity index (χ2v) is 16.3. The maximum atomic E-state index is 14.8. The maximum absolute atomic E-state index is 14.8. The van der Waals surface area contributed by atoms with Gasteiger partial charge in [0.05, 0.1) is 11.5 Å². The van der Waals surface area contributed by atoms with Crippen LogP contribution in [0.1, 0.15) is 68.7 Å². The molecular weight excluding hydrogens is 656 g/mol. The van der Waals surface area contributed by atoms with E-state index in [-0.39, 0.29) is 12.2 Å². The first kappa shape index (κ1) is 34.8. The van der Waals surface area contributed by atoms with Gasteiger partial charge in [-0.1, -0.05) is 20.8 Å². The Morgan fingerprint density at radius 2 is 1.28 bits per heavy atom. The minimum atomic E-state index is -2.12. The average Bonchev–Trinajstić information content (AvgIpc) is 3.68. The van der Waals surface area contributed by atoms with Crippen molar-refractivity contribution in [3.05, 3.63) is 11.8 Å². The number of allylic oxidation sites excluding steroid dienone is 1. The SMILES string of the molecule is CC(=O)O[C@@H]1[C@H]2[C@@H]3C(=O)C(=O)C4C[C@@H]5O[C@@H]5[C@H](OC(C)=O)[C@]4(C)[C@H]3[C@H](OC(C)=O)[C@H](OC(C)=O)[C@]2(C)[C@@H]2[C@H]1[C@]1(C)C(=C[C@H]2C)OC(=O)[C@@]1(C)O. The van der Waals surface area contributed by atoms with E-state index in [1.165, 1.54) is 34.6 Å². The number of hydrogen-bond acceptors (Lipinski definition) is 14. The van der Waals surface area contributed by atoms with E-state index in [9.17, 15) is 38.7 Å². The Labute approximate surface area is 288 Å². The molecule has 0 aromatic heterocycles. The zero-order valence-corrected chi connectivity index (χ0v) is 29.5. The Hall–Kier alpha value is -3.65. The Morgan fingerprint density at radius 3 is 1.86 bits per heavy atom. The molecule has 0 spiro atoms. The Kier molecular flexibility index (Phi) is 7.44. The molecule has 0 bridgehead atoms. The van der Waals surface area contributed by atoms with Crippen molar-refractivity contribution in [2.24, 2.45) is 57.7 Å². The summed E-state index contributed by atoms with van der Waals surface area (Å²) in [5, 5.41) is 11.9. The second-order valence-electron chi connectivity index (χ2n) is 16.3. The molecule has 0 amide bonds. The summed E-state index contributed by atoms with van der Waals surface area (Å²) in [7, 11) is 0. The summed E-state index contributed by atoms with van der Waals surface area (Å²) in [6.07, 6.45) is -4.08. The molecule has 14 heteroatoms. The van der Waals surface area contributed by atoms with E-state index in [1.54, 1.807) is 26.8 Å². The Balaban J connectivity index is 1.54. The summed E-state index contributed by atoms with van der Waals surface area (Å²) in [5.74, 6) is -11.7. The van der Waals surface area contributed by atoms with E-state index in [4.69, 9.17) is 28.4 Å². The van der Waals surface area contributed by atoms with Crippen LogP contribution in [0.3, 0.4) is 0 Å². The lowest BCUT2D eigenvalue weighted by molar-refractivity contribution is -0.255. The van der Waals surface area contributed by atoms with Crippen LogP contribution in [0.5, 0.6) is 0 Å². The van der Waals surface area contributed by atoms with E-state index in [1.807, 2.05) is 6.92 Å². The van der Waals surface area contributed by atoms with Crippen LogP contribution in [-0.2, 0) is 62.0 Å². The van der Waals surface area contributed by atoms with Crippen molar-refractivity contribution in [1.29, 1.82) is 0 Å². The molecule has 4 saturated carbocycles. The number of ether oxygens (including phenoxy) is 6. The van der Waals surface area contributed by atoms with Crippen LogP contribution < -0.4 is 0 Å². The highest BCUT2D eigenvalue weighted by Crippen LogP contribution is 2.75. The molecule has 0 aromatic rings. The average molecular weight is 701 g/mol. The van der Waals surface area contributed by atoms with Crippen molar-refractivity contribution >= 4 is 41.4 Å².